The standard InChI is InChI=1S/C15H8Br2ClNO/c16-8-1-3-13(18)11(6-8)15(20)12-7-19-14-4-2-9(17)5-10(12)14/h1-7,19H. The third kappa shape index (κ3) is 2.43. The molecule has 0 atom stereocenters. The number of halogens is 3. The molecular formula is C15H8Br2ClNO. The Morgan fingerprint density at radius 1 is 1.00 bits per heavy atom. The number of nitrogens with one attached hydrogen (secondary N) is 1. The van der Waals surface area contributed by atoms with Crippen molar-refractivity contribution in [2.24, 2.45) is 0 Å². The summed E-state index contributed by atoms with van der Waals surface area (Å²) in [5.74, 6) is -0.0966. The van der Waals surface area contributed by atoms with E-state index in [2.05, 4.69) is 36.8 Å². The van der Waals surface area contributed by atoms with E-state index < -0.39 is 0 Å². The quantitative estimate of drug-likeness (QED) is 0.547. The Hall–Kier alpha value is -1.10. The van der Waals surface area contributed by atoms with Crippen LogP contribution in [0.3, 0.4) is 0 Å². The van der Waals surface area contributed by atoms with Gasteiger partial charge in [0.1, 0.15) is 0 Å². The lowest BCUT2D eigenvalue weighted by molar-refractivity contribution is 0.104. The van der Waals surface area contributed by atoms with Crippen LogP contribution in [0.5, 0.6) is 0 Å². The zero-order valence-corrected chi connectivity index (χ0v) is 14.0. The van der Waals surface area contributed by atoms with E-state index in [4.69, 9.17) is 11.6 Å². The van der Waals surface area contributed by atoms with Crippen LogP contribution < -0.4 is 0 Å². The van der Waals surface area contributed by atoms with Crippen molar-refractivity contribution >= 4 is 60.1 Å². The molecular weight excluding hydrogens is 405 g/mol. The average Bonchev–Trinajstić information content (AvgIpc) is 2.83. The Labute approximate surface area is 137 Å². The number of ketones is 1. The van der Waals surface area contributed by atoms with Gasteiger partial charge in [0.05, 0.1) is 5.02 Å². The highest BCUT2D eigenvalue weighted by atomic mass is 79.9. The van der Waals surface area contributed by atoms with Crippen LogP contribution in [-0.4, -0.2) is 10.8 Å². The fraction of sp³-hybridized carbons (Fsp3) is 0. The first-order chi connectivity index (χ1) is 9.56. The van der Waals surface area contributed by atoms with Gasteiger partial charge in [0.15, 0.2) is 5.78 Å². The minimum atomic E-state index is -0.0966. The molecule has 2 aromatic carbocycles. The molecule has 0 radical (unpaired) electrons. The molecule has 100 valence electrons. The summed E-state index contributed by atoms with van der Waals surface area (Å²) in [7, 11) is 0. The number of carbonyl (C=O) groups excluding carboxylic acids is 1. The van der Waals surface area contributed by atoms with E-state index in [-0.39, 0.29) is 5.78 Å². The van der Waals surface area contributed by atoms with Gasteiger partial charge in [-0.2, -0.15) is 0 Å². The number of hydrogen-bond acceptors (Lipinski definition) is 1. The largest absolute Gasteiger partial charge is 0.360 e. The third-order valence-electron chi connectivity index (χ3n) is 3.06. The van der Waals surface area contributed by atoms with Crippen molar-refractivity contribution in [3.05, 3.63) is 67.7 Å². The van der Waals surface area contributed by atoms with Crippen molar-refractivity contribution in [2.45, 2.75) is 0 Å². The van der Waals surface area contributed by atoms with Crippen molar-refractivity contribution in [3.63, 3.8) is 0 Å². The molecule has 0 aliphatic carbocycles. The van der Waals surface area contributed by atoms with Gasteiger partial charge in [0.25, 0.3) is 0 Å². The van der Waals surface area contributed by atoms with Crippen LogP contribution in [0.25, 0.3) is 10.9 Å². The van der Waals surface area contributed by atoms with Crippen LogP contribution in [-0.2, 0) is 0 Å². The van der Waals surface area contributed by atoms with E-state index in [0.29, 0.717) is 16.1 Å². The van der Waals surface area contributed by atoms with Crippen LogP contribution in [0.1, 0.15) is 15.9 Å². The second-order valence-electron chi connectivity index (χ2n) is 4.35. The Morgan fingerprint density at radius 2 is 1.70 bits per heavy atom. The topological polar surface area (TPSA) is 32.9 Å². The summed E-state index contributed by atoms with van der Waals surface area (Å²) < 4.78 is 1.75. The Bertz CT molecular complexity index is 826. The van der Waals surface area contributed by atoms with Gasteiger partial charge in [-0.05, 0) is 36.4 Å². The van der Waals surface area contributed by atoms with E-state index in [1.807, 2.05) is 24.3 Å². The van der Waals surface area contributed by atoms with E-state index >= 15 is 0 Å². The van der Waals surface area contributed by atoms with Gasteiger partial charge in [0, 0.05) is 37.2 Å². The maximum Gasteiger partial charge on any atom is 0.196 e. The lowest BCUT2D eigenvalue weighted by atomic mass is 10.0. The van der Waals surface area contributed by atoms with Crippen molar-refractivity contribution in [1.29, 1.82) is 0 Å². The Morgan fingerprint density at radius 3 is 2.50 bits per heavy atom. The monoisotopic (exact) mass is 411 g/mol. The zero-order valence-electron chi connectivity index (χ0n) is 10.1. The van der Waals surface area contributed by atoms with Crippen molar-refractivity contribution in [2.75, 3.05) is 0 Å². The van der Waals surface area contributed by atoms with Gasteiger partial charge >= 0.3 is 0 Å². The number of hydrogen-bond donors (Lipinski definition) is 1. The first-order valence-electron chi connectivity index (χ1n) is 5.82. The zero-order chi connectivity index (χ0) is 14.3. The van der Waals surface area contributed by atoms with Crippen molar-refractivity contribution < 1.29 is 4.79 Å². The van der Waals surface area contributed by atoms with Gasteiger partial charge in [0.2, 0.25) is 0 Å². The second-order valence-corrected chi connectivity index (χ2v) is 6.58. The fourth-order valence-corrected chi connectivity index (χ4v) is 3.02. The normalized spacial score (nSPS) is 10.9. The molecule has 5 heteroatoms. The van der Waals surface area contributed by atoms with Gasteiger partial charge in [-0.1, -0.05) is 43.5 Å². The number of rotatable bonds is 2. The molecule has 0 aliphatic heterocycles. The highest BCUT2D eigenvalue weighted by Crippen LogP contribution is 2.28. The van der Waals surface area contributed by atoms with Gasteiger partial charge in [-0.3, -0.25) is 4.79 Å². The minimum absolute atomic E-state index is 0.0966. The molecule has 0 saturated carbocycles. The first-order valence-corrected chi connectivity index (χ1v) is 7.79. The van der Waals surface area contributed by atoms with E-state index in [1.165, 1.54) is 0 Å². The van der Waals surface area contributed by atoms with Crippen molar-refractivity contribution in [1.82, 2.24) is 4.98 Å². The predicted octanol–water partition coefficient (Wildman–Crippen LogP) is 5.58. The second kappa shape index (κ2) is 5.35. The number of aromatic nitrogens is 1. The molecule has 0 spiro atoms. The smallest absolute Gasteiger partial charge is 0.196 e. The number of carbonyl (C=O) groups is 1. The van der Waals surface area contributed by atoms with Gasteiger partial charge in [-0.15, -0.1) is 0 Å². The molecule has 0 unspecified atom stereocenters. The molecule has 0 amide bonds. The molecule has 0 bridgehead atoms. The maximum absolute atomic E-state index is 12.7. The van der Waals surface area contributed by atoms with E-state index in [9.17, 15) is 4.79 Å². The van der Waals surface area contributed by atoms with Crippen LogP contribution in [0.4, 0.5) is 0 Å². The highest BCUT2D eigenvalue weighted by molar-refractivity contribution is 9.10. The van der Waals surface area contributed by atoms with Crippen LogP contribution in [0.2, 0.25) is 5.02 Å². The van der Waals surface area contributed by atoms with Crippen LogP contribution >= 0.6 is 43.5 Å². The minimum Gasteiger partial charge on any atom is -0.360 e. The van der Waals surface area contributed by atoms with E-state index in [1.54, 1.807) is 18.3 Å². The van der Waals surface area contributed by atoms with Crippen LogP contribution in [0, 0.1) is 0 Å². The van der Waals surface area contributed by atoms with E-state index in [0.717, 1.165) is 19.8 Å². The molecule has 0 fully saturated rings. The van der Waals surface area contributed by atoms with Gasteiger partial charge < -0.3 is 4.98 Å². The van der Waals surface area contributed by atoms with Crippen molar-refractivity contribution in [3.8, 4) is 0 Å². The average molecular weight is 413 g/mol. The number of fused-ring (bicyclic) bond motifs is 1. The highest BCUT2D eigenvalue weighted by Gasteiger charge is 2.17. The fourth-order valence-electron chi connectivity index (χ4n) is 2.10. The Kier molecular flexibility index (Phi) is 3.71. The molecule has 1 N–H and O–H groups in total. The summed E-state index contributed by atoms with van der Waals surface area (Å²) in [4.78, 5) is 15.8. The first kappa shape index (κ1) is 13.9. The number of H-pyrrole nitrogens is 1. The number of aromatic amines is 1. The van der Waals surface area contributed by atoms with Crippen LogP contribution in [0.15, 0.2) is 51.5 Å². The molecule has 3 aromatic rings. The molecule has 0 aliphatic rings. The molecule has 1 aromatic heterocycles. The summed E-state index contributed by atoms with van der Waals surface area (Å²) >= 11 is 12.9. The Balaban J connectivity index is 2.17. The lowest BCUT2D eigenvalue weighted by Crippen LogP contribution is -2.01. The molecule has 3 rings (SSSR count). The molecule has 20 heavy (non-hydrogen) atoms. The lowest BCUT2D eigenvalue weighted by Gasteiger charge is -2.04. The summed E-state index contributed by atoms with van der Waals surface area (Å²) in [5, 5.41) is 1.32. The molecule has 1 heterocycles. The third-order valence-corrected chi connectivity index (χ3v) is 4.38. The maximum atomic E-state index is 12.7. The molecule has 2 nitrogen and oxygen atoms in total. The summed E-state index contributed by atoms with van der Waals surface area (Å²) in [6.07, 6.45) is 1.72. The SMILES string of the molecule is O=C(c1cc(Br)ccc1Cl)c1c[nH]c2ccc(Br)cc12. The van der Waals surface area contributed by atoms with Gasteiger partial charge in [-0.25, -0.2) is 0 Å². The summed E-state index contributed by atoms with van der Waals surface area (Å²) in [6.45, 7) is 0. The summed E-state index contributed by atoms with van der Waals surface area (Å²) in [6, 6.07) is 11.0. The number of benzene rings is 2. The molecule has 0 saturated heterocycles. The summed E-state index contributed by atoms with van der Waals surface area (Å²) in [5.41, 5.74) is 2.02. The predicted molar refractivity (Wildman–Crippen MR) is 88.6 cm³/mol.